The van der Waals surface area contributed by atoms with E-state index in [-0.39, 0.29) is 5.57 Å². The molecular weight excluding hydrogens is 382 g/mol. The summed E-state index contributed by atoms with van der Waals surface area (Å²) in [6, 6.07) is 17.1. The molecule has 0 aliphatic heterocycles. The van der Waals surface area contributed by atoms with E-state index in [0.717, 1.165) is 22.6 Å². The molecule has 1 N–H and O–H groups in total. The van der Waals surface area contributed by atoms with Crippen LogP contribution >= 0.6 is 11.6 Å². The Labute approximate surface area is 176 Å². The van der Waals surface area contributed by atoms with Crippen LogP contribution in [0.2, 0.25) is 5.02 Å². The van der Waals surface area contributed by atoms with Gasteiger partial charge in [-0.25, -0.2) is 0 Å². The lowest BCUT2D eigenvalue weighted by Gasteiger charge is -2.12. The summed E-state index contributed by atoms with van der Waals surface area (Å²) in [5.74, 6) is -0.467. The second kappa shape index (κ2) is 8.38. The highest BCUT2D eigenvalue weighted by Crippen LogP contribution is 2.24. The van der Waals surface area contributed by atoms with E-state index in [4.69, 9.17) is 11.6 Å². The van der Waals surface area contributed by atoms with E-state index < -0.39 is 5.91 Å². The third-order valence-electron chi connectivity index (χ3n) is 4.97. The van der Waals surface area contributed by atoms with E-state index in [1.807, 2.05) is 26.0 Å². The number of hydrogen-bond donors (Lipinski definition) is 1. The molecule has 0 bridgehead atoms. The van der Waals surface area contributed by atoms with Crippen LogP contribution in [0.4, 0.5) is 5.69 Å². The lowest BCUT2D eigenvalue weighted by Crippen LogP contribution is -2.13. The summed E-state index contributed by atoms with van der Waals surface area (Å²) < 4.78 is 2.13. The van der Waals surface area contributed by atoms with E-state index >= 15 is 0 Å². The maximum Gasteiger partial charge on any atom is 0.266 e. The van der Waals surface area contributed by atoms with Crippen LogP contribution in [0.25, 0.3) is 11.8 Å². The van der Waals surface area contributed by atoms with Gasteiger partial charge in [0.05, 0.1) is 0 Å². The number of anilines is 1. The zero-order valence-electron chi connectivity index (χ0n) is 16.9. The molecule has 0 spiro atoms. The maximum atomic E-state index is 12.6. The first kappa shape index (κ1) is 20.4. The van der Waals surface area contributed by atoms with E-state index in [1.54, 1.807) is 30.3 Å². The van der Waals surface area contributed by atoms with Gasteiger partial charge in [0, 0.05) is 27.8 Å². The van der Waals surface area contributed by atoms with Crippen molar-refractivity contribution >= 4 is 29.3 Å². The van der Waals surface area contributed by atoms with Crippen molar-refractivity contribution in [2.24, 2.45) is 0 Å². The Morgan fingerprint density at radius 1 is 1.07 bits per heavy atom. The quantitative estimate of drug-likeness (QED) is 0.434. The number of amides is 1. The van der Waals surface area contributed by atoms with Crippen molar-refractivity contribution in [3.63, 3.8) is 0 Å². The number of hydrogen-bond acceptors (Lipinski definition) is 2. The van der Waals surface area contributed by atoms with E-state index in [2.05, 4.69) is 41.9 Å². The predicted molar refractivity (Wildman–Crippen MR) is 118 cm³/mol. The van der Waals surface area contributed by atoms with Crippen molar-refractivity contribution in [3.05, 3.63) is 87.2 Å². The Balaban J connectivity index is 1.95. The molecule has 2 aromatic carbocycles. The minimum Gasteiger partial charge on any atom is -0.321 e. The van der Waals surface area contributed by atoms with Crippen LogP contribution in [0.3, 0.4) is 0 Å². The summed E-state index contributed by atoms with van der Waals surface area (Å²) in [6.45, 7) is 8.16. The van der Waals surface area contributed by atoms with Crippen LogP contribution in [-0.2, 0) is 4.79 Å². The molecule has 4 nitrogen and oxygen atoms in total. The highest BCUT2D eigenvalue weighted by atomic mass is 35.5. The summed E-state index contributed by atoms with van der Waals surface area (Å²) in [5, 5.41) is 12.8. The molecule has 146 valence electrons. The highest BCUT2D eigenvalue weighted by molar-refractivity contribution is 6.31. The number of nitrogens with one attached hydrogen (secondary N) is 1. The minimum atomic E-state index is -0.467. The number of aromatic nitrogens is 1. The number of carbonyl (C=O) groups excluding carboxylic acids is 1. The average molecular weight is 404 g/mol. The number of carbonyl (C=O) groups is 1. The van der Waals surface area contributed by atoms with Gasteiger partial charge in [-0.1, -0.05) is 23.7 Å². The van der Waals surface area contributed by atoms with Crippen LogP contribution in [0.1, 0.15) is 28.1 Å². The van der Waals surface area contributed by atoms with Crippen molar-refractivity contribution in [1.82, 2.24) is 4.57 Å². The zero-order valence-corrected chi connectivity index (χ0v) is 17.6. The topological polar surface area (TPSA) is 57.8 Å². The van der Waals surface area contributed by atoms with Gasteiger partial charge < -0.3 is 9.88 Å². The Morgan fingerprint density at radius 3 is 2.48 bits per heavy atom. The third-order valence-corrected chi connectivity index (χ3v) is 5.20. The SMILES string of the molecule is Cc1ccc(-n2c(C)cc(/C=C(\C#N)C(=O)Nc3cccc(Cl)c3)c2C)cc1C. The molecule has 1 heterocycles. The van der Waals surface area contributed by atoms with Gasteiger partial charge in [0.1, 0.15) is 11.6 Å². The lowest BCUT2D eigenvalue weighted by atomic mass is 10.1. The summed E-state index contributed by atoms with van der Waals surface area (Å²) in [4.78, 5) is 12.6. The molecule has 0 aliphatic rings. The molecule has 3 aromatic rings. The number of nitriles is 1. The average Bonchev–Trinajstić information content (AvgIpc) is 2.95. The van der Waals surface area contributed by atoms with E-state index in [1.165, 1.54) is 11.1 Å². The summed E-state index contributed by atoms with van der Waals surface area (Å²) in [5.41, 5.74) is 6.92. The first-order chi connectivity index (χ1) is 13.8. The molecule has 0 radical (unpaired) electrons. The van der Waals surface area contributed by atoms with Crippen molar-refractivity contribution < 1.29 is 4.79 Å². The molecular formula is C24H22ClN3O. The zero-order chi connectivity index (χ0) is 21.1. The predicted octanol–water partition coefficient (Wildman–Crippen LogP) is 5.91. The Morgan fingerprint density at radius 2 is 1.83 bits per heavy atom. The van der Waals surface area contributed by atoms with Gasteiger partial charge in [0.25, 0.3) is 5.91 Å². The highest BCUT2D eigenvalue weighted by Gasteiger charge is 2.14. The summed E-state index contributed by atoms with van der Waals surface area (Å²) >= 11 is 5.96. The molecule has 29 heavy (non-hydrogen) atoms. The van der Waals surface area contributed by atoms with E-state index in [9.17, 15) is 10.1 Å². The first-order valence-corrected chi connectivity index (χ1v) is 9.63. The van der Waals surface area contributed by atoms with Crippen LogP contribution in [0.5, 0.6) is 0 Å². The minimum absolute atomic E-state index is 0.0327. The molecule has 0 unspecified atom stereocenters. The number of nitrogens with zero attached hydrogens (tertiary/aromatic N) is 2. The second-order valence-electron chi connectivity index (χ2n) is 7.06. The largest absolute Gasteiger partial charge is 0.321 e. The second-order valence-corrected chi connectivity index (χ2v) is 7.50. The molecule has 0 saturated heterocycles. The first-order valence-electron chi connectivity index (χ1n) is 9.25. The summed E-state index contributed by atoms with van der Waals surface area (Å²) in [6.07, 6.45) is 1.62. The Kier molecular flexibility index (Phi) is 5.91. The monoisotopic (exact) mass is 403 g/mol. The fourth-order valence-electron chi connectivity index (χ4n) is 3.26. The molecule has 0 aliphatic carbocycles. The van der Waals surface area contributed by atoms with E-state index in [0.29, 0.717) is 10.7 Å². The Hall–Kier alpha value is -3.29. The van der Waals surface area contributed by atoms with Gasteiger partial charge in [-0.05, 0) is 86.9 Å². The smallest absolute Gasteiger partial charge is 0.266 e. The van der Waals surface area contributed by atoms with Gasteiger partial charge >= 0.3 is 0 Å². The number of halogens is 1. The standard InChI is InChI=1S/C24H22ClN3O/c1-15-8-9-23(10-16(15)2)28-17(3)11-19(18(28)4)12-20(14-26)24(29)27-22-7-5-6-21(25)13-22/h5-13H,1-4H3,(H,27,29)/b20-12+. The lowest BCUT2D eigenvalue weighted by molar-refractivity contribution is -0.112. The van der Waals surface area contributed by atoms with Crippen molar-refractivity contribution in [1.29, 1.82) is 5.26 Å². The molecule has 0 atom stereocenters. The van der Waals surface area contributed by atoms with Crippen LogP contribution in [0.15, 0.2) is 54.1 Å². The molecule has 0 saturated carbocycles. The van der Waals surface area contributed by atoms with Crippen molar-refractivity contribution in [2.75, 3.05) is 5.32 Å². The number of benzene rings is 2. The number of rotatable bonds is 4. The third kappa shape index (κ3) is 4.42. The van der Waals surface area contributed by atoms with Gasteiger partial charge in [0.15, 0.2) is 0 Å². The summed E-state index contributed by atoms with van der Waals surface area (Å²) in [7, 11) is 0. The normalized spacial score (nSPS) is 11.2. The van der Waals surface area contributed by atoms with Crippen LogP contribution in [0, 0.1) is 39.0 Å². The fraction of sp³-hybridized carbons (Fsp3) is 0.167. The van der Waals surface area contributed by atoms with Crippen molar-refractivity contribution in [2.45, 2.75) is 27.7 Å². The fourth-order valence-corrected chi connectivity index (χ4v) is 3.45. The molecule has 0 fully saturated rings. The Bertz CT molecular complexity index is 1170. The van der Waals surface area contributed by atoms with Gasteiger partial charge in [-0.2, -0.15) is 5.26 Å². The number of aryl methyl sites for hydroxylation is 3. The molecule has 1 aromatic heterocycles. The maximum absolute atomic E-state index is 12.6. The van der Waals surface area contributed by atoms with Crippen LogP contribution in [-0.4, -0.2) is 10.5 Å². The van der Waals surface area contributed by atoms with Gasteiger partial charge in [-0.15, -0.1) is 0 Å². The molecule has 5 heteroatoms. The van der Waals surface area contributed by atoms with Crippen molar-refractivity contribution in [3.8, 4) is 11.8 Å². The van der Waals surface area contributed by atoms with Gasteiger partial charge in [0.2, 0.25) is 0 Å². The molecule has 3 rings (SSSR count). The molecule has 1 amide bonds. The van der Waals surface area contributed by atoms with Crippen LogP contribution < -0.4 is 5.32 Å². The van der Waals surface area contributed by atoms with Gasteiger partial charge in [-0.3, -0.25) is 4.79 Å².